The molecular formula is C30H28N4O2. The molecular weight excluding hydrogens is 448 g/mol. The number of hydrogen-bond acceptors (Lipinski definition) is 4. The zero-order valence-electron chi connectivity index (χ0n) is 20.1. The number of nitrogens with zero attached hydrogens (tertiary/aromatic N) is 4. The normalized spacial score (nSPS) is 18.5. The maximum absolute atomic E-state index is 13.5. The molecule has 0 bridgehead atoms. The van der Waals surface area contributed by atoms with Gasteiger partial charge in [-0.3, -0.25) is 19.5 Å². The van der Waals surface area contributed by atoms with E-state index in [-0.39, 0.29) is 18.4 Å². The van der Waals surface area contributed by atoms with Crippen molar-refractivity contribution in [2.24, 2.45) is 0 Å². The quantitative estimate of drug-likeness (QED) is 0.438. The highest BCUT2D eigenvalue weighted by Crippen LogP contribution is 2.24. The Labute approximate surface area is 210 Å². The number of carbonyl (C=O) groups excluding carboxylic acids is 2. The van der Waals surface area contributed by atoms with Gasteiger partial charge in [0.1, 0.15) is 12.6 Å². The predicted molar refractivity (Wildman–Crippen MR) is 140 cm³/mol. The third-order valence-corrected chi connectivity index (χ3v) is 7.22. The van der Waals surface area contributed by atoms with Gasteiger partial charge in [-0.05, 0) is 34.4 Å². The molecule has 2 saturated heterocycles. The van der Waals surface area contributed by atoms with E-state index in [0.717, 1.165) is 40.7 Å². The van der Waals surface area contributed by atoms with Crippen LogP contribution >= 0.6 is 0 Å². The van der Waals surface area contributed by atoms with Gasteiger partial charge in [0.2, 0.25) is 11.8 Å². The number of hydrogen-bond donors (Lipinski definition) is 0. The van der Waals surface area contributed by atoms with Crippen molar-refractivity contribution in [3.05, 3.63) is 102 Å². The zero-order valence-corrected chi connectivity index (χ0v) is 20.1. The van der Waals surface area contributed by atoms with Crippen LogP contribution in [0.25, 0.3) is 22.0 Å². The number of rotatable bonds is 5. The van der Waals surface area contributed by atoms with E-state index < -0.39 is 6.04 Å². The van der Waals surface area contributed by atoms with E-state index in [9.17, 15) is 9.59 Å². The van der Waals surface area contributed by atoms with Gasteiger partial charge in [0.05, 0.1) is 5.52 Å². The van der Waals surface area contributed by atoms with Gasteiger partial charge in [0.15, 0.2) is 0 Å². The molecule has 0 radical (unpaired) electrons. The fourth-order valence-corrected chi connectivity index (χ4v) is 5.29. The maximum Gasteiger partial charge on any atom is 0.247 e. The van der Waals surface area contributed by atoms with Crippen molar-refractivity contribution in [3.8, 4) is 11.1 Å². The molecule has 2 aliphatic heterocycles. The second-order valence-electron chi connectivity index (χ2n) is 9.63. The second kappa shape index (κ2) is 9.55. The van der Waals surface area contributed by atoms with Crippen molar-refractivity contribution < 1.29 is 9.59 Å². The summed E-state index contributed by atoms with van der Waals surface area (Å²) in [6.07, 6.45) is 1.81. The van der Waals surface area contributed by atoms with Crippen molar-refractivity contribution in [3.63, 3.8) is 0 Å². The maximum atomic E-state index is 13.5. The Balaban J connectivity index is 1.14. The van der Waals surface area contributed by atoms with E-state index in [1.807, 2.05) is 36.4 Å². The molecule has 0 N–H and O–H groups in total. The van der Waals surface area contributed by atoms with Gasteiger partial charge >= 0.3 is 0 Å². The number of piperazine rings is 2. The van der Waals surface area contributed by atoms with Crippen LogP contribution in [-0.2, 0) is 22.7 Å². The molecule has 0 saturated carbocycles. The van der Waals surface area contributed by atoms with Crippen LogP contribution in [0, 0.1) is 0 Å². The first-order valence-electron chi connectivity index (χ1n) is 12.4. The summed E-state index contributed by atoms with van der Waals surface area (Å²) < 4.78 is 0. The number of carbonyl (C=O) groups is 2. The minimum Gasteiger partial charge on any atom is -0.327 e. The summed E-state index contributed by atoms with van der Waals surface area (Å²) in [6.45, 7) is 3.22. The minimum absolute atomic E-state index is 0.0339. The van der Waals surface area contributed by atoms with Gasteiger partial charge in [-0.1, -0.05) is 72.8 Å². The van der Waals surface area contributed by atoms with Crippen LogP contribution in [0.2, 0.25) is 0 Å². The highest BCUT2D eigenvalue weighted by Gasteiger charge is 2.42. The second-order valence-corrected chi connectivity index (χ2v) is 9.63. The van der Waals surface area contributed by atoms with Crippen LogP contribution < -0.4 is 0 Å². The van der Waals surface area contributed by atoms with Crippen LogP contribution in [0.4, 0.5) is 0 Å². The van der Waals surface area contributed by atoms with Gasteiger partial charge in [0.25, 0.3) is 0 Å². The number of benzene rings is 3. The van der Waals surface area contributed by atoms with Gasteiger partial charge < -0.3 is 9.80 Å². The first kappa shape index (κ1) is 22.4. The summed E-state index contributed by atoms with van der Waals surface area (Å²) in [5, 5.41) is 1.12. The summed E-state index contributed by atoms with van der Waals surface area (Å²) in [5.74, 6) is 0.0710. The first-order valence-corrected chi connectivity index (χ1v) is 12.4. The number of pyridine rings is 1. The summed E-state index contributed by atoms with van der Waals surface area (Å²) in [7, 11) is 0. The van der Waals surface area contributed by atoms with E-state index in [2.05, 4.69) is 58.4 Å². The average Bonchev–Trinajstić information content (AvgIpc) is 2.92. The molecule has 4 aromatic rings. The van der Waals surface area contributed by atoms with E-state index >= 15 is 0 Å². The summed E-state index contributed by atoms with van der Waals surface area (Å²) in [5.41, 5.74) is 5.47. The van der Waals surface area contributed by atoms with Gasteiger partial charge in [-0.15, -0.1) is 0 Å². The molecule has 6 heteroatoms. The SMILES string of the molecule is O=C1C2CN(Cc3ccc4cccnc4c3)CCN2C(=O)CN1Cc1ccc(-c2ccccc2)cc1. The molecule has 1 aromatic heterocycles. The number of aromatic nitrogens is 1. The Morgan fingerprint density at radius 2 is 1.56 bits per heavy atom. The fraction of sp³-hybridized carbons (Fsp3) is 0.233. The third kappa shape index (κ3) is 4.48. The highest BCUT2D eigenvalue weighted by molar-refractivity contribution is 5.95. The van der Waals surface area contributed by atoms with Crippen LogP contribution in [0.15, 0.2) is 91.1 Å². The first-order chi connectivity index (χ1) is 17.6. The molecule has 2 fully saturated rings. The Kier molecular flexibility index (Phi) is 5.95. The summed E-state index contributed by atoms with van der Waals surface area (Å²) >= 11 is 0. The standard InChI is InChI=1S/C30H28N4O2/c35-29-21-33(19-22-8-11-25(12-9-22)24-5-2-1-3-6-24)30(36)28-20-32(15-16-34(28)29)18-23-10-13-26-7-4-14-31-27(26)17-23/h1-14,17,28H,15-16,18-21H2. The molecule has 3 heterocycles. The van der Waals surface area contributed by atoms with Crippen LogP contribution in [-0.4, -0.2) is 63.7 Å². The van der Waals surface area contributed by atoms with Crippen molar-refractivity contribution in [1.82, 2.24) is 19.7 Å². The van der Waals surface area contributed by atoms with Gasteiger partial charge in [0, 0.05) is 44.3 Å². The fourth-order valence-electron chi connectivity index (χ4n) is 5.29. The molecule has 1 unspecified atom stereocenters. The lowest BCUT2D eigenvalue weighted by Crippen LogP contribution is -2.66. The zero-order chi connectivity index (χ0) is 24.5. The lowest BCUT2D eigenvalue weighted by molar-refractivity contribution is -0.160. The van der Waals surface area contributed by atoms with Gasteiger partial charge in [-0.25, -0.2) is 0 Å². The third-order valence-electron chi connectivity index (χ3n) is 7.22. The molecule has 36 heavy (non-hydrogen) atoms. The van der Waals surface area contributed by atoms with E-state index in [0.29, 0.717) is 19.6 Å². The van der Waals surface area contributed by atoms with Crippen molar-refractivity contribution in [2.75, 3.05) is 26.2 Å². The Hall–Kier alpha value is -4.03. The van der Waals surface area contributed by atoms with Crippen molar-refractivity contribution in [2.45, 2.75) is 19.1 Å². The monoisotopic (exact) mass is 476 g/mol. The van der Waals surface area contributed by atoms with E-state index in [1.165, 1.54) is 5.56 Å². The van der Waals surface area contributed by atoms with Crippen LogP contribution in [0.3, 0.4) is 0 Å². The molecule has 2 aliphatic rings. The average molecular weight is 477 g/mol. The largest absolute Gasteiger partial charge is 0.327 e. The smallest absolute Gasteiger partial charge is 0.247 e. The minimum atomic E-state index is -0.429. The lowest BCUT2D eigenvalue weighted by atomic mass is 10.0. The number of amides is 2. The molecule has 180 valence electrons. The summed E-state index contributed by atoms with van der Waals surface area (Å²) in [6, 6.07) is 28.4. The summed E-state index contributed by atoms with van der Waals surface area (Å²) in [4.78, 5) is 36.6. The molecule has 0 spiro atoms. The van der Waals surface area contributed by atoms with Crippen LogP contribution in [0.5, 0.6) is 0 Å². The predicted octanol–water partition coefficient (Wildman–Crippen LogP) is 3.96. The topological polar surface area (TPSA) is 56.8 Å². The Bertz CT molecular complexity index is 1400. The Morgan fingerprint density at radius 1 is 0.778 bits per heavy atom. The molecule has 6 rings (SSSR count). The highest BCUT2D eigenvalue weighted by atomic mass is 16.2. The van der Waals surface area contributed by atoms with Crippen molar-refractivity contribution in [1.29, 1.82) is 0 Å². The molecule has 2 amide bonds. The van der Waals surface area contributed by atoms with Crippen LogP contribution in [0.1, 0.15) is 11.1 Å². The van der Waals surface area contributed by atoms with E-state index in [4.69, 9.17) is 0 Å². The Morgan fingerprint density at radius 3 is 2.39 bits per heavy atom. The number of fused-ring (bicyclic) bond motifs is 2. The molecule has 6 nitrogen and oxygen atoms in total. The molecule has 3 aromatic carbocycles. The molecule has 1 atom stereocenters. The van der Waals surface area contributed by atoms with Crippen molar-refractivity contribution >= 4 is 22.7 Å². The molecule has 0 aliphatic carbocycles. The van der Waals surface area contributed by atoms with E-state index in [1.54, 1.807) is 16.0 Å². The lowest BCUT2D eigenvalue weighted by Gasteiger charge is -2.46. The van der Waals surface area contributed by atoms with Gasteiger partial charge in [-0.2, -0.15) is 0 Å².